The van der Waals surface area contributed by atoms with E-state index >= 15 is 0 Å². The summed E-state index contributed by atoms with van der Waals surface area (Å²) in [7, 11) is 0. The molecule has 1 aliphatic heterocycles. The molecule has 0 fully saturated rings. The fraction of sp³-hybridized carbons (Fsp3) is 0.596. The molecule has 1 unspecified atom stereocenters. The minimum atomic E-state index is -1.00. The molecule has 0 N–H and O–H groups in total. The van der Waals surface area contributed by atoms with E-state index in [4.69, 9.17) is 28.4 Å². The normalized spacial score (nSPS) is 15.3. The number of unbranched alkanes of at least 4 members (excludes halogenated alkanes) is 11. The van der Waals surface area contributed by atoms with Gasteiger partial charge in [-0.3, -0.25) is 4.79 Å². The molecule has 0 aromatic heterocycles. The molecule has 1 aliphatic rings. The van der Waals surface area contributed by atoms with Gasteiger partial charge in [-0.1, -0.05) is 152 Å². The van der Waals surface area contributed by atoms with Gasteiger partial charge in [0.25, 0.3) is 5.91 Å². The third kappa shape index (κ3) is 15.7. The Kier molecular flexibility index (Phi) is 20.9. The lowest BCUT2D eigenvalue weighted by Gasteiger charge is -2.38. The second-order valence-corrected chi connectivity index (χ2v) is 14.8. The van der Waals surface area contributed by atoms with Gasteiger partial charge in [-0.25, -0.2) is 0 Å². The Bertz CT molecular complexity index is 1380. The van der Waals surface area contributed by atoms with Crippen molar-refractivity contribution in [3.63, 3.8) is 0 Å². The van der Waals surface area contributed by atoms with Gasteiger partial charge in [0.2, 0.25) is 0 Å². The molecular formula is C47H69NO7. The largest absolute Gasteiger partial charge is 0.487 e. The van der Waals surface area contributed by atoms with Gasteiger partial charge in [-0.2, -0.15) is 0 Å². The van der Waals surface area contributed by atoms with E-state index in [0.29, 0.717) is 68.9 Å². The monoisotopic (exact) mass is 760 g/mol. The maximum absolute atomic E-state index is 14.9. The van der Waals surface area contributed by atoms with Crippen molar-refractivity contribution in [2.75, 3.05) is 52.7 Å². The van der Waals surface area contributed by atoms with Crippen LogP contribution in [0.15, 0.2) is 78.9 Å². The van der Waals surface area contributed by atoms with Crippen LogP contribution in [-0.4, -0.2) is 69.1 Å². The number of ether oxygens (including phenoxy) is 6. The molecule has 1 atom stereocenters. The number of rotatable bonds is 21. The first kappa shape index (κ1) is 44.0. The van der Waals surface area contributed by atoms with Gasteiger partial charge in [-0.05, 0) is 49.1 Å². The van der Waals surface area contributed by atoms with E-state index in [9.17, 15) is 4.79 Å². The van der Waals surface area contributed by atoms with Crippen LogP contribution in [0.5, 0.6) is 23.0 Å². The van der Waals surface area contributed by atoms with E-state index in [0.717, 1.165) is 63.4 Å². The van der Waals surface area contributed by atoms with Gasteiger partial charge in [0.15, 0.2) is 29.1 Å². The lowest BCUT2D eigenvalue weighted by Crippen LogP contribution is -2.49. The number of amides is 1. The van der Waals surface area contributed by atoms with E-state index in [1.807, 2.05) is 83.8 Å². The number of nitrogens with zero attached hydrogens (tertiary/aromatic N) is 1. The molecule has 8 heteroatoms. The first-order chi connectivity index (χ1) is 27.1. The van der Waals surface area contributed by atoms with Gasteiger partial charge in [0.1, 0.15) is 32.0 Å². The SMILES string of the molecule is CCCCCCCCCCC1(OC(C(=O)N(CCCCC)CCCCC)c2ccccc2)COc2ccccc2OCCOCCOc2ccccc2OC1. The van der Waals surface area contributed by atoms with Gasteiger partial charge in [0.05, 0.1) is 13.2 Å². The van der Waals surface area contributed by atoms with Crippen LogP contribution in [0.2, 0.25) is 0 Å². The number of carbonyl (C=O) groups excluding carboxylic acids is 1. The van der Waals surface area contributed by atoms with Crippen LogP contribution in [-0.2, 0) is 14.3 Å². The van der Waals surface area contributed by atoms with Crippen molar-refractivity contribution < 1.29 is 33.2 Å². The molecule has 0 saturated heterocycles. The average Bonchev–Trinajstić information content (AvgIpc) is 3.21. The standard InChI is InChI=1S/C47H69NO7/c1-4-7-10-11-12-13-14-22-31-47(55-45(40-25-16-15-17-26-40)46(49)48(32-23-8-5-2)33-24-9-6-3)38-53-43-29-20-18-27-41(43)51-36-34-50-35-37-52-42-28-19-21-30-44(42)54-39-47/h15-21,25-30,45H,4-14,22-24,31-39H2,1-3H3. The number of para-hydroxylation sites is 4. The summed E-state index contributed by atoms with van der Waals surface area (Å²) < 4.78 is 38.9. The van der Waals surface area contributed by atoms with Gasteiger partial charge in [-0.15, -0.1) is 0 Å². The van der Waals surface area contributed by atoms with Crippen molar-refractivity contribution in [2.45, 2.75) is 129 Å². The third-order valence-electron chi connectivity index (χ3n) is 10.2. The molecule has 0 radical (unpaired) electrons. The molecule has 4 rings (SSSR count). The van der Waals surface area contributed by atoms with Crippen molar-refractivity contribution in [3.8, 4) is 23.0 Å². The fourth-order valence-electron chi connectivity index (χ4n) is 6.96. The highest BCUT2D eigenvalue weighted by molar-refractivity contribution is 5.82. The highest BCUT2D eigenvalue weighted by Crippen LogP contribution is 2.36. The quantitative estimate of drug-likeness (QED) is 0.100. The summed E-state index contributed by atoms with van der Waals surface area (Å²) in [5.74, 6) is 2.50. The maximum Gasteiger partial charge on any atom is 0.256 e. The Hall–Kier alpha value is -3.75. The van der Waals surface area contributed by atoms with Crippen LogP contribution >= 0.6 is 0 Å². The van der Waals surface area contributed by atoms with E-state index in [1.165, 1.54) is 32.1 Å². The van der Waals surface area contributed by atoms with Gasteiger partial charge < -0.3 is 33.3 Å². The zero-order chi connectivity index (χ0) is 38.8. The summed E-state index contributed by atoms with van der Waals surface area (Å²) >= 11 is 0. The van der Waals surface area contributed by atoms with Crippen LogP contribution in [0.3, 0.4) is 0 Å². The van der Waals surface area contributed by atoms with E-state index in [-0.39, 0.29) is 19.1 Å². The van der Waals surface area contributed by atoms with Gasteiger partial charge >= 0.3 is 0 Å². The Labute approximate surface area is 332 Å². The van der Waals surface area contributed by atoms with Crippen molar-refractivity contribution in [1.82, 2.24) is 4.90 Å². The second-order valence-electron chi connectivity index (χ2n) is 14.8. The van der Waals surface area contributed by atoms with Crippen LogP contribution in [0.1, 0.15) is 129 Å². The molecule has 304 valence electrons. The number of hydrogen-bond acceptors (Lipinski definition) is 7. The summed E-state index contributed by atoms with van der Waals surface area (Å²) in [6.07, 6.45) is 15.5. The molecule has 0 bridgehead atoms. The number of fused-ring (bicyclic) bond motifs is 2. The number of hydrogen-bond donors (Lipinski definition) is 0. The average molecular weight is 760 g/mol. The first-order valence-corrected chi connectivity index (χ1v) is 21.4. The summed E-state index contributed by atoms with van der Waals surface area (Å²) in [6.45, 7) is 9.95. The molecule has 55 heavy (non-hydrogen) atoms. The summed E-state index contributed by atoms with van der Waals surface area (Å²) in [5, 5.41) is 0. The van der Waals surface area contributed by atoms with Crippen LogP contribution in [0, 0.1) is 0 Å². The topological polar surface area (TPSA) is 75.7 Å². The molecule has 3 aromatic rings. The zero-order valence-electron chi connectivity index (χ0n) is 34.2. The Morgan fingerprint density at radius 1 is 0.564 bits per heavy atom. The predicted octanol–water partition coefficient (Wildman–Crippen LogP) is 11.2. The summed E-state index contributed by atoms with van der Waals surface area (Å²) in [6, 6.07) is 25.4. The number of carbonyl (C=O) groups is 1. The van der Waals surface area contributed by atoms with Crippen molar-refractivity contribution in [2.24, 2.45) is 0 Å². The lowest BCUT2D eigenvalue weighted by atomic mass is 9.95. The van der Waals surface area contributed by atoms with Crippen LogP contribution < -0.4 is 18.9 Å². The Morgan fingerprint density at radius 2 is 1.00 bits per heavy atom. The predicted molar refractivity (Wildman–Crippen MR) is 222 cm³/mol. The number of benzene rings is 3. The molecule has 0 saturated carbocycles. The molecule has 0 spiro atoms. The Morgan fingerprint density at radius 3 is 1.51 bits per heavy atom. The fourth-order valence-corrected chi connectivity index (χ4v) is 6.96. The minimum Gasteiger partial charge on any atom is -0.487 e. The maximum atomic E-state index is 14.9. The third-order valence-corrected chi connectivity index (χ3v) is 10.2. The summed E-state index contributed by atoms with van der Waals surface area (Å²) in [4.78, 5) is 17.0. The van der Waals surface area contributed by atoms with Crippen LogP contribution in [0.4, 0.5) is 0 Å². The second kappa shape index (κ2) is 26.2. The van der Waals surface area contributed by atoms with Crippen molar-refractivity contribution in [1.29, 1.82) is 0 Å². The van der Waals surface area contributed by atoms with Crippen LogP contribution in [0.25, 0.3) is 0 Å². The molecule has 1 heterocycles. The molecule has 1 amide bonds. The Balaban J connectivity index is 1.74. The van der Waals surface area contributed by atoms with Crippen molar-refractivity contribution >= 4 is 5.91 Å². The van der Waals surface area contributed by atoms with E-state index in [2.05, 4.69) is 20.8 Å². The minimum absolute atomic E-state index is 0.00619. The summed E-state index contributed by atoms with van der Waals surface area (Å²) in [5.41, 5.74) is -0.171. The smallest absolute Gasteiger partial charge is 0.256 e. The van der Waals surface area contributed by atoms with Gasteiger partial charge in [0, 0.05) is 13.1 Å². The molecular weight excluding hydrogens is 691 g/mol. The molecule has 8 nitrogen and oxygen atoms in total. The highest BCUT2D eigenvalue weighted by Gasteiger charge is 2.40. The van der Waals surface area contributed by atoms with E-state index in [1.54, 1.807) is 0 Å². The first-order valence-electron chi connectivity index (χ1n) is 21.4. The molecule has 0 aliphatic carbocycles. The molecule has 3 aromatic carbocycles. The van der Waals surface area contributed by atoms with E-state index < -0.39 is 11.7 Å². The zero-order valence-corrected chi connectivity index (χ0v) is 34.2. The van der Waals surface area contributed by atoms with Crippen molar-refractivity contribution in [3.05, 3.63) is 84.4 Å². The highest BCUT2D eigenvalue weighted by atomic mass is 16.6. The lowest BCUT2D eigenvalue weighted by molar-refractivity contribution is -0.172.